The van der Waals surface area contributed by atoms with Crippen molar-refractivity contribution in [2.75, 3.05) is 13.7 Å². The molecule has 0 saturated carbocycles. The molecule has 1 amide bonds. The minimum Gasteiger partial charge on any atom is -0.467 e. The van der Waals surface area contributed by atoms with Crippen molar-refractivity contribution in [3.8, 4) is 0 Å². The quantitative estimate of drug-likeness (QED) is 0.504. The van der Waals surface area contributed by atoms with Gasteiger partial charge in [0.15, 0.2) is 0 Å². The summed E-state index contributed by atoms with van der Waals surface area (Å²) in [7, 11) is 1.09. The van der Waals surface area contributed by atoms with Crippen molar-refractivity contribution in [3.63, 3.8) is 0 Å². The van der Waals surface area contributed by atoms with E-state index in [1.807, 2.05) is 0 Å². The second-order valence-corrected chi connectivity index (χ2v) is 3.27. The molecule has 0 radical (unpaired) electrons. The van der Waals surface area contributed by atoms with Crippen molar-refractivity contribution >= 4 is 11.9 Å². The molecule has 84 valence electrons. The van der Waals surface area contributed by atoms with Crippen LogP contribution >= 0.6 is 0 Å². The molecule has 1 atom stereocenters. The normalized spacial score (nSPS) is 23.7. The van der Waals surface area contributed by atoms with Crippen LogP contribution in [-0.4, -0.2) is 42.4 Å². The molecule has 15 heavy (non-hydrogen) atoms. The third kappa shape index (κ3) is 2.31. The Morgan fingerprint density at radius 2 is 2.20 bits per heavy atom. The summed E-state index contributed by atoms with van der Waals surface area (Å²) >= 11 is 0. The highest BCUT2D eigenvalue weighted by Gasteiger charge is 2.49. The Labute approximate surface area is 85.5 Å². The third-order valence-electron chi connectivity index (χ3n) is 2.20. The summed E-state index contributed by atoms with van der Waals surface area (Å²) in [6, 6.07) is -1.21. The first kappa shape index (κ1) is 11.6. The number of carbonyl (C=O) groups is 2. The number of ether oxygens (including phenoxy) is 1. The van der Waals surface area contributed by atoms with E-state index < -0.39 is 36.8 Å². The van der Waals surface area contributed by atoms with Gasteiger partial charge in [-0.1, -0.05) is 6.58 Å². The molecule has 1 rings (SSSR count). The highest BCUT2D eigenvalue weighted by Crippen LogP contribution is 2.32. The molecular weight excluding hydrogens is 208 g/mol. The summed E-state index contributed by atoms with van der Waals surface area (Å²) in [6.07, 6.45) is 0.205. The van der Waals surface area contributed by atoms with Gasteiger partial charge >= 0.3 is 5.97 Å². The van der Waals surface area contributed by atoms with Gasteiger partial charge in [0, 0.05) is 6.42 Å². The molecule has 0 aromatic carbocycles. The zero-order chi connectivity index (χ0) is 11.6. The molecule has 0 bridgehead atoms. The molecule has 6 heteroatoms. The maximum atomic E-state index is 13.0. The predicted molar refractivity (Wildman–Crippen MR) is 47.3 cm³/mol. The number of likely N-dealkylation sites (tertiary alicyclic amines) is 1. The zero-order valence-corrected chi connectivity index (χ0v) is 8.20. The number of hydrogen-bond acceptors (Lipinski definition) is 3. The van der Waals surface area contributed by atoms with Crippen molar-refractivity contribution in [2.45, 2.75) is 18.4 Å². The Hall–Kier alpha value is -1.46. The number of hydrogen-bond donors (Lipinski definition) is 0. The molecule has 0 aliphatic carbocycles. The van der Waals surface area contributed by atoms with Crippen LogP contribution in [0, 0.1) is 0 Å². The van der Waals surface area contributed by atoms with Crippen molar-refractivity contribution < 1.29 is 23.1 Å². The van der Waals surface area contributed by atoms with Crippen LogP contribution in [0.5, 0.6) is 0 Å². The molecule has 1 aliphatic heterocycles. The first-order valence-corrected chi connectivity index (χ1v) is 4.30. The molecule has 0 unspecified atom stereocenters. The molecule has 1 saturated heterocycles. The number of nitrogens with zero attached hydrogens (tertiary/aromatic N) is 1. The number of esters is 1. The van der Waals surface area contributed by atoms with Crippen LogP contribution < -0.4 is 0 Å². The van der Waals surface area contributed by atoms with Crippen LogP contribution in [0.4, 0.5) is 8.78 Å². The van der Waals surface area contributed by atoms with Crippen molar-refractivity contribution in [3.05, 3.63) is 12.7 Å². The van der Waals surface area contributed by atoms with Crippen molar-refractivity contribution in [2.24, 2.45) is 0 Å². The first-order valence-electron chi connectivity index (χ1n) is 4.30. The van der Waals surface area contributed by atoms with Crippen LogP contribution in [0.3, 0.4) is 0 Å². The van der Waals surface area contributed by atoms with E-state index in [1.165, 1.54) is 0 Å². The average molecular weight is 219 g/mol. The van der Waals surface area contributed by atoms with Crippen LogP contribution in [0.2, 0.25) is 0 Å². The maximum absolute atomic E-state index is 13.0. The lowest BCUT2D eigenvalue weighted by molar-refractivity contribution is -0.149. The van der Waals surface area contributed by atoms with E-state index in [0.717, 1.165) is 18.1 Å². The Morgan fingerprint density at radius 3 is 2.67 bits per heavy atom. The molecule has 1 heterocycles. The van der Waals surface area contributed by atoms with Gasteiger partial charge in [0.1, 0.15) is 6.04 Å². The predicted octanol–water partition coefficient (Wildman–Crippen LogP) is 0.582. The smallest absolute Gasteiger partial charge is 0.328 e. The number of rotatable bonds is 2. The van der Waals surface area contributed by atoms with E-state index in [9.17, 15) is 18.4 Å². The second kappa shape index (κ2) is 3.96. The summed E-state index contributed by atoms with van der Waals surface area (Å²) in [5.74, 6) is -4.57. The van der Waals surface area contributed by atoms with Gasteiger partial charge in [0.2, 0.25) is 5.91 Å². The second-order valence-electron chi connectivity index (χ2n) is 3.27. The van der Waals surface area contributed by atoms with Crippen LogP contribution in [0.1, 0.15) is 6.42 Å². The Kier molecular flexibility index (Phi) is 3.06. The number of halogens is 2. The summed E-state index contributed by atoms with van der Waals surface area (Å²) in [5.41, 5.74) is 0. The Bertz CT molecular complexity index is 304. The maximum Gasteiger partial charge on any atom is 0.328 e. The van der Waals surface area contributed by atoms with Gasteiger partial charge in [-0.3, -0.25) is 4.79 Å². The SMILES string of the molecule is C=CC(=O)N1CC(F)(F)C[C@H]1C(=O)OC. The number of alkyl halides is 2. The minimum atomic E-state index is -3.04. The lowest BCUT2D eigenvalue weighted by Crippen LogP contribution is -2.40. The van der Waals surface area contributed by atoms with Crippen LogP contribution in [0.25, 0.3) is 0 Å². The molecule has 0 aromatic heterocycles. The highest BCUT2D eigenvalue weighted by molar-refractivity contribution is 5.91. The van der Waals surface area contributed by atoms with Crippen molar-refractivity contribution in [1.29, 1.82) is 0 Å². The third-order valence-corrected chi connectivity index (χ3v) is 2.20. The largest absolute Gasteiger partial charge is 0.467 e. The highest BCUT2D eigenvalue weighted by atomic mass is 19.3. The topological polar surface area (TPSA) is 46.6 Å². The number of carbonyl (C=O) groups excluding carboxylic acids is 2. The molecule has 0 aromatic rings. The van der Waals surface area contributed by atoms with E-state index in [2.05, 4.69) is 11.3 Å². The summed E-state index contributed by atoms with van der Waals surface area (Å²) < 4.78 is 30.4. The van der Waals surface area contributed by atoms with Crippen LogP contribution in [0.15, 0.2) is 12.7 Å². The molecule has 0 spiro atoms. The summed E-state index contributed by atoms with van der Waals surface area (Å²) in [4.78, 5) is 23.1. The molecule has 0 N–H and O–H groups in total. The van der Waals surface area contributed by atoms with Gasteiger partial charge in [0.05, 0.1) is 13.7 Å². The van der Waals surface area contributed by atoms with Gasteiger partial charge in [-0.2, -0.15) is 0 Å². The average Bonchev–Trinajstić information content (AvgIpc) is 2.52. The van der Waals surface area contributed by atoms with E-state index in [-0.39, 0.29) is 0 Å². The van der Waals surface area contributed by atoms with Crippen molar-refractivity contribution in [1.82, 2.24) is 4.90 Å². The van der Waals surface area contributed by atoms with E-state index in [0.29, 0.717) is 0 Å². The van der Waals surface area contributed by atoms with Gasteiger partial charge in [-0.15, -0.1) is 0 Å². The molecule has 1 aliphatic rings. The fourth-order valence-electron chi connectivity index (χ4n) is 1.51. The Morgan fingerprint density at radius 1 is 1.60 bits per heavy atom. The summed E-state index contributed by atoms with van der Waals surface area (Å²) in [5, 5.41) is 0. The van der Waals surface area contributed by atoms with Gasteiger partial charge in [-0.05, 0) is 6.08 Å². The Balaban J connectivity index is 2.88. The standard InChI is InChI=1S/C9H11F2NO3/c1-3-7(13)12-5-9(10,11)4-6(12)8(14)15-2/h3,6H,1,4-5H2,2H3/t6-/m0/s1. The monoisotopic (exact) mass is 219 g/mol. The van der Waals surface area contributed by atoms with Crippen LogP contribution in [-0.2, 0) is 14.3 Å². The van der Waals surface area contributed by atoms with Gasteiger partial charge in [0.25, 0.3) is 5.92 Å². The summed E-state index contributed by atoms with van der Waals surface area (Å²) in [6.45, 7) is 2.42. The fourth-order valence-corrected chi connectivity index (χ4v) is 1.51. The first-order chi connectivity index (χ1) is 6.91. The number of amides is 1. The van der Waals surface area contributed by atoms with Gasteiger partial charge in [-0.25, -0.2) is 13.6 Å². The van der Waals surface area contributed by atoms with E-state index in [1.54, 1.807) is 0 Å². The fraction of sp³-hybridized carbons (Fsp3) is 0.556. The lowest BCUT2D eigenvalue weighted by Gasteiger charge is -2.19. The molecular formula is C9H11F2NO3. The van der Waals surface area contributed by atoms with E-state index in [4.69, 9.17) is 0 Å². The van der Waals surface area contributed by atoms with E-state index >= 15 is 0 Å². The molecule has 4 nitrogen and oxygen atoms in total. The zero-order valence-electron chi connectivity index (χ0n) is 8.20. The number of methoxy groups -OCH3 is 1. The lowest BCUT2D eigenvalue weighted by atomic mass is 10.2. The molecule has 1 fully saturated rings. The minimum absolute atomic E-state index is 0.692. The van der Waals surface area contributed by atoms with Gasteiger partial charge < -0.3 is 9.64 Å².